The fraction of sp³-hybridized carbons (Fsp3) is 0.353. The number of hydrogen-bond donors (Lipinski definition) is 1. The first kappa shape index (κ1) is 16.9. The predicted octanol–water partition coefficient (Wildman–Crippen LogP) is 0.951. The van der Waals surface area contributed by atoms with Gasteiger partial charge in [-0.15, -0.1) is 0 Å². The van der Waals surface area contributed by atoms with Gasteiger partial charge in [-0.25, -0.2) is 9.37 Å². The van der Waals surface area contributed by atoms with Crippen molar-refractivity contribution in [3.8, 4) is 0 Å². The van der Waals surface area contributed by atoms with Crippen LogP contribution in [0, 0.1) is 5.82 Å². The monoisotopic (exact) mass is 346 g/mol. The molecule has 1 aromatic heterocycles. The third-order valence-electron chi connectivity index (χ3n) is 4.11. The van der Waals surface area contributed by atoms with Gasteiger partial charge in [0.25, 0.3) is 5.56 Å². The van der Waals surface area contributed by atoms with E-state index >= 15 is 0 Å². The van der Waals surface area contributed by atoms with Gasteiger partial charge in [0.1, 0.15) is 5.82 Å². The van der Waals surface area contributed by atoms with Crippen LogP contribution in [0.3, 0.4) is 0 Å². The van der Waals surface area contributed by atoms with Crippen molar-refractivity contribution < 1.29 is 13.9 Å². The third-order valence-corrected chi connectivity index (χ3v) is 4.11. The molecule has 7 nitrogen and oxygen atoms in total. The van der Waals surface area contributed by atoms with E-state index in [0.29, 0.717) is 24.7 Å². The Hall–Kier alpha value is -2.90. The fourth-order valence-electron chi connectivity index (χ4n) is 2.78. The van der Waals surface area contributed by atoms with E-state index in [4.69, 9.17) is 0 Å². The molecule has 0 saturated carbocycles. The van der Waals surface area contributed by atoms with E-state index in [2.05, 4.69) is 19.6 Å². The molecule has 2 aromatic rings. The Balaban J connectivity index is 1.69. The summed E-state index contributed by atoms with van der Waals surface area (Å²) in [7, 11) is 1.30. The molecule has 1 aliphatic heterocycles. The lowest BCUT2D eigenvalue weighted by Gasteiger charge is -2.36. The van der Waals surface area contributed by atoms with E-state index in [9.17, 15) is 14.0 Å². The number of H-pyrrole nitrogens is 1. The highest BCUT2D eigenvalue weighted by molar-refractivity contribution is 5.71. The third kappa shape index (κ3) is 4.14. The molecular weight excluding hydrogens is 327 g/mol. The number of aromatic nitrogens is 2. The maximum Gasteiger partial charge on any atom is 0.311 e. The minimum Gasteiger partial charge on any atom is -0.469 e. The molecular formula is C17H19FN4O3. The molecule has 0 radical (unpaired) electrons. The van der Waals surface area contributed by atoms with Crippen LogP contribution in [0.1, 0.15) is 5.69 Å². The average molecular weight is 346 g/mol. The molecule has 1 aliphatic rings. The number of halogens is 1. The van der Waals surface area contributed by atoms with Crippen LogP contribution in [0.5, 0.6) is 0 Å². The summed E-state index contributed by atoms with van der Waals surface area (Å²) in [5, 5.41) is 0. The summed E-state index contributed by atoms with van der Waals surface area (Å²) in [5.41, 5.74) is 1.04. The van der Waals surface area contributed by atoms with E-state index in [1.165, 1.54) is 25.3 Å². The van der Waals surface area contributed by atoms with Gasteiger partial charge >= 0.3 is 5.97 Å². The molecule has 3 rings (SSSR count). The molecule has 1 fully saturated rings. The lowest BCUT2D eigenvalue weighted by atomic mass is 10.2. The van der Waals surface area contributed by atoms with E-state index in [-0.39, 0.29) is 17.8 Å². The van der Waals surface area contributed by atoms with Crippen LogP contribution < -0.4 is 15.4 Å². The van der Waals surface area contributed by atoms with Crippen LogP contribution in [0.25, 0.3) is 0 Å². The Bertz CT molecular complexity index is 798. The molecule has 0 atom stereocenters. The maximum absolute atomic E-state index is 13.0. The lowest BCUT2D eigenvalue weighted by molar-refractivity contribution is -0.139. The standard InChI is InChI=1S/C17H19FN4O3/c1-25-16(24)11-13-10-15(23)20-17(19-13)22-8-6-21(7-9-22)14-4-2-12(18)3-5-14/h2-5,10H,6-9,11H2,1H3,(H,19,20,23). The number of rotatable bonds is 4. The number of carbonyl (C=O) groups excluding carboxylic acids is 1. The van der Waals surface area contributed by atoms with Gasteiger partial charge in [-0.2, -0.15) is 0 Å². The van der Waals surface area contributed by atoms with E-state index in [1.54, 1.807) is 12.1 Å². The van der Waals surface area contributed by atoms with E-state index in [0.717, 1.165) is 18.8 Å². The van der Waals surface area contributed by atoms with Gasteiger partial charge in [0.15, 0.2) is 0 Å². The van der Waals surface area contributed by atoms with Gasteiger partial charge in [0.05, 0.1) is 19.2 Å². The van der Waals surface area contributed by atoms with Crippen LogP contribution >= 0.6 is 0 Å². The molecule has 1 saturated heterocycles. The molecule has 0 bridgehead atoms. The second-order valence-corrected chi connectivity index (χ2v) is 5.76. The Morgan fingerprint density at radius 3 is 2.48 bits per heavy atom. The summed E-state index contributed by atoms with van der Waals surface area (Å²) in [4.78, 5) is 34.4. The molecule has 0 amide bonds. The normalized spacial score (nSPS) is 14.5. The topological polar surface area (TPSA) is 78.5 Å². The van der Waals surface area contributed by atoms with Crippen LogP contribution in [0.4, 0.5) is 16.0 Å². The largest absolute Gasteiger partial charge is 0.469 e. The first-order chi connectivity index (χ1) is 12.0. The number of piperazine rings is 1. The van der Waals surface area contributed by atoms with E-state index in [1.807, 2.05) is 4.90 Å². The highest BCUT2D eigenvalue weighted by Gasteiger charge is 2.20. The zero-order chi connectivity index (χ0) is 17.8. The Kier molecular flexibility index (Phi) is 4.97. The number of esters is 1. The highest BCUT2D eigenvalue weighted by Crippen LogP contribution is 2.18. The first-order valence-corrected chi connectivity index (χ1v) is 7.97. The zero-order valence-electron chi connectivity index (χ0n) is 13.9. The van der Waals surface area contributed by atoms with E-state index < -0.39 is 5.97 Å². The summed E-state index contributed by atoms with van der Waals surface area (Å²) in [5.74, 6) is -0.248. The summed E-state index contributed by atoms with van der Waals surface area (Å²) in [6.07, 6.45) is -0.0387. The van der Waals surface area contributed by atoms with Crippen molar-refractivity contribution in [1.29, 1.82) is 0 Å². The van der Waals surface area contributed by atoms with Gasteiger partial charge in [-0.1, -0.05) is 0 Å². The lowest BCUT2D eigenvalue weighted by Crippen LogP contribution is -2.47. The number of ether oxygens (including phenoxy) is 1. The number of carbonyl (C=O) groups is 1. The number of methoxy groups -OCH3 is 1. The zero-order valence-corrected chi connectivity index (χ0v) is 13.9. The van der Waals surface area contributed by atoms with Crippen LogP contribution in [-0.2, 0) is 16.0 Å². The predicted molar refractivity (Wildman–Crippen MR) is 91.4 cm³/mol. The molecule has 0 unspecified atom stereocenters. The SMILES string of the molecule is COC(=O)Cc1cc(=O)[nH]c(N2CCN(c3ccc(F)cc3)CC2)n1. The highest BCUT2D eigenvalue weighted by atomic mass is 19.1. The molecule has 25 heavy (non-hydrogen) atoms. The van der Waals surface area contributed by atoms with Crippen molar-refractivity contribution in [3.63, 3.8) is 0 Å². The smallest absolute Gasteiger partial charge is 0.311 e. The first-order valence-electron chi connectivity index (χ1n) is 7.97. The molecule has 1 aromatic carbocycles. The van der Waals surface area contributed by atoms with Crippen molar-refractivity contribution in [2.24, 2.45) is 0 Å². The average Bonchev–Trinajstić information content (AvgIpc) is 2.62. The number of nitrogens with zero attached hydrogens (tertiary/aromatic N) is 3. The minimum absolute atomic E-state index is 0.0387. The Morgan fingerprint density at radius 2 is 1.84 bits per heavy atom. The molecule has 8 heteroatoms. The quantitative estimate of drug-likeness (QED) is 0.831. The Labute approximate surface area is 144 Å². The summed E-state index contributed by atoms with van der Waals surface area (Å²) < 4.78 is 17.6. The van der Waals surface area contributed by atoms with Crippen molar-refractivity contribution in [1.82, 2.24) is 9.97 Å². The number of benzene rings is 1. The maximum atomic E-state index is 13.0. The van der Waals surface area contributed by atoms with Crippen molar-refractivity contribution in [2.45, 2.75) is 6.42 Å². The van der Waals surface area contributed by atoms with Crippen molar-refractivity contribution in [3.05, 3.63) is 52.2 Å². The second-order valence-electron chi connectivity index (χ2n) is 5.76. The summed E-state index contributed by atoms with van der Waals surface area (Å²) in [6, 6.07) is 7.69. The van der Waals surface area contributed by atoms with Gasteiger partial charge in [-0.3, -0.25) is 14.6 Å². The van der Waals surface area contributed by atoms with Crippen molar-refractivity contribution in [2.75, 3.05) is 43.1 Å². The van der Waals surface area contributed by atoms with Crippen LogP contribution in [0.2, 0.25) is 0 Å². The van der Waals surface area contributed by atoms with Crippen LogP contribution in [-0.4, -0.2) is 49.2 Å². The molecule has 1 N–H and O–H groups in total. The van der Waals surface area contributed by atoms with Gasteiger partial charge < -0.3 is 14.5 Å². The second kappa shape index (κ2) is 7.33. The summed E-state index contributed by atoms with van der Waals surface area (Å²) in [6.45, 7) is 2.75. The van der Waals surface area contributed by atoms with Gasteiger partial charge in [0, 0.05) is 37.9 Å². The summed E-state index contributed by atoms with van der Waals surface area (Å²) >= 11 is 0. The van der Waals surface area contributed by atoms with Gasteiger partial charge in [0.2, 0.25) is 5.95 Å². The number of anilines is 2. The minimum atomic E-state index is -0.440. The van der Waals surface area contributed by atoms with Gasteiger partial charge in [-0.05, 0) is 24.3 Å². The molecule has 132 valence electrons. The molecule has 0 spiro atoms. The van der Waals surface area contributed by atoms with Crippen LogP contribution in [0.15, 0.2) is 35.1 Å². The number of aromatic amines is 1. The van der Waals surface area contributed by atoms with Crippen molar-refractivity contribution >= 4 is 17.6 Å². The Morgan fingerprint density at radius 1 is 1.20 bits per heavy atom. The number of nitrogens with one attached hydrogen (secondary N) is 1. The molecule has 0 aliphatic carbocycles. The molecule has 2 heterocycles. The fourth-order valence-corrected chi connectivity index (χ4v) is 2.78. The number of hydrogen-bond acceptors (Lipinski definition) is 6.